The third-order valence-corrected chi connectivity index (χ3v) is 3.19. The summed E-state index contributed by atoms with van der Waals surface area (Å²) in [4.78, 5) is 0. The Morgan fingerprint density at radius 1 is 1.16 bits per heavy atom. The molecule has 0 aromatic heterocycles. The van der Waals surface area contributed by atoms with Gasteiger partial charge in [0.15, 0.2) is 0 Å². The minimum atomic E-state index is -0.121. The van der Waals surface area contributed by atoms with Crippen LogP contribution < -0.4 is 10.1 Å². The second-order valence-electron chi connectivity index (χ2n) is 5.94. The van der Waals surface area contributed by atoms with Gasteiger partial charge in [-0.2, -0.15) is 0 Å². The van der Waals surface area contributed by atoms with Gasteiger partial charge in [0.2, 0.25) is 0 Å². The maximum Gasteiger partial charge on any atom is 0.122 e. The number of hydrogen-bond acceptors (Lipinski definition) is 3. The van der Waals surface area contributed by atoms with Crippen molar-refractivity contribution in [2.24, 2.45) is 0 Å². The summed E-state index contributed by atoms with van der Waals surface area (Å²) in [5, 5.41) is 3.33. The lowest BCUT2D eigenvalue weighted by Crippen LogP contribution is -2.28. The first kappa shape index (κ1) is 16.0. The van der Waals surface area contributed by atoms with Gasteiger partial charge in [-0.1, -0.05) is 6.07 Å². The highest BCUT2D eigenvalue weighted by Gasteiger charge is 2.18. The van der Waals surface area contributed by atoms with Crippen molar-refractivity contribution in [3.05, 3.63) is 28.8 Å². The molecule has 0 saturated heterocycles. The van der Waals surface area contributed by atoms with E-state index in [4.69, 9.17) is 9.47 Å². The van der Waals surface area contributed by atoms with Crippen molar-refractivity contribution in [2.75, 3.05) is 20.8 Å². The van der Waals surface area contributed by atoms with Crippen LogP contribution >= 0.6 is 0 Å². The van der Waals surface area contributed by atoms with Gasteiger partial charge in [0.25, 0.3) is 0 Å². The molecule has 1 aromatic carbocycles. The van der Waals surface area contributed by atoms with Crippen molar-refractivity contribution in [3.8, 4) is 5.75 Å². The van der Waals surface area contributed by atoms with Crippen LogP contribution in [0.4, 0.5) is 0 Å². The predicted octanol–water partition coefficient (Wildman–Crippen LogP) is 3.39. The van der Waals surface area contributed by atoms with Gasteiger partial charge in [-0.3, -0.25) is 0 Å². The van der Waals surface area contributed by atoms with E-state index in [2.05, 4.69) is 52.1 Å². The van der Waals surface area contributed by atoms with Crippen molar-refractivity contribution >= 4 is 0 Å². The fourth-order valence-electron chi connectivity index (χ4n) is 2.07. The molecule has 1 unspecified atom stereocenters. The molecule has 1 rings (SSSR count). The predicted molar refractivity (Wildman–Crippen MR) is 80.0 cm³/mol. The van der Waals surface area contributed by atoms with Gasteiger partial charge in [-0.05, 0) is 64.4 Å². The largest absolute Gasteiger partial charge is 0.496 e. The molecule has 1 N–H and O–H groups in total. The van der Waals surface area contributed by atoms with Gasteiger partial charge in [-0.15, -0.1) is 0 Å². The molecule has 3 heteroatoms. The van der Waals surface area contributed by atoms with Crippen LogP contribution in [0.3, 0.4) is 0 Å². The van der Waals surface area contributed by atoms with Gasteiger partial charge < -0.3 is 14.8 Å². The third-order valence-electron chi connectivity index (χ3n) is 3.19. The standard InChI is InChI=1S/C16H27NO2/c1-11-9-15(18-7)12(2)8-13(11)14(17-6)10-19-16(3,4)5/h8-9,14,17H,10H2,1-7H3. The van der Waals surface area contributed by atoms with Crippen molar-refractivity contribution in [3.63, 3.8) is 0 Å². The third kappa shape index (κ3) is 4.51. The molecule has 0 bridgehead atoms. The van der Waals surface area contributed by atoms with Gasteiger partial charge in [0.05, 0.1) is 25.4 Å². The number of rotatable bonds is 5. The molecule has 0 aliphatic carbocycles. The monoisotopic (exact) mass is 265 g/mol. The number of ether oxygens (including phenoxy) is 2. The molecule has 108 valence electrons. The maximum absolute atomic E-state index is 5.89. The molecule has 0 heterocycles. The fraction of sp³-hybridized carbons (Fsp3) is 0.625. The molecular weight excluding hydrogens is 238 g/mol. The molecule has 3 nitrogen and oxygen atoms in total. The highest BCUT2D eigenvalue weighted by atomic mass is 16.5. The molecule has 0 spiro atoms. The van der Waals surface area contributed by atoms with Crippen LogP contribution in [0.25, 0.3) is 0 Å². The molecule has 19 heavy (non-hydrogen) atoms. The highest BCUT2D eigenvalue weighted by Crippen LogP contribution is 2.27. The summed E-state index contributed by atoms with van der Waals surface area (Å²) in [6.07, 6.45) is 0. The van der Waals surface area contributed by atoms with Crippen LogP contribution in [0.15, 0.2) is 12.1 Å². The number of nitrogens with one attached hydrogen (secondary N) is 1. The van der Waals surface area contributed by atoms with Gasteiger partial charge in [0, 0.05) is 0 Å². The van der Waals surface area contributed by atoms with Crippen molar-refractivity contribution < 1.29 is 9.47 Å². The quantitative estimate of drug-likeness (QED) is 0.885. The van der Waals surface area contributed by atoms with Gasteiger partial charge in [-0.25, -0.2) is 0 Å². The molecular formula is C16H27NO2. The lowest BCUT2D eigenvalue weighted by molar-refractivity contribution is -0.0140. The average Bonchev–Trinajstić information content (AvgIpc) is 2.32. The lowest BCUT2D eigenvalue weighted by atomic mass is 9.98. The van der Waals surface area contributed by atoms with E-state index in [1.165, 1.54) is 11.1 Å². The Bertz CT molecular complexity index is 421. The Kier molecular flexibility index (Phi) is 5.39. The SMILES string of the molecule is CNC(COC(C)(C)C)c1cc(C)c(OC)cc1C. The number of benzene rings is 1. The zero-order valence-electron chi connectivity index (χ0n) is 13.3. The van der Waals surface area contributed by atoms with Crippen LogP contribution in [0.2, 0.25) is 0 Å². The van der Waals surface area contributed by atoms with Crippen LogP contribution in [0.1, 0.15) is 43.5 Å². The Morgan fingerprint density at radius 2 is 1.79 bits per heavy atom. The van der Waals surface area contributed by atoms with E-state index < -0.39 is 0 Å². The molecule has 1 aromatic rings. The first-order chi connectivity index (χ1) is 8.78. The summed E-state index contributed by atoms with van der Waals surface area (Å²) >= 11 is 0. The number of aryl methyl sites for hydroxylation is 2. The Labute approximate surface area is 117 Å². The summed E-state index contributed by atoms with van der Waals surface area (Å²) in [5.74, 6) is 0.938. The van der Waals surface area contributed by atoms with E-state index in [-0.39, 0.29) is 11.6 Å². The topological polar surface area (TPSA) is 30.5 Å². The Balaban J connectivity index is 2.95. The van der Waals surface area contributed by atoms with Crippen molar-refractivity contribution in [1.82, 2.24) is 5.32 Å². The minimum Gasteiger partial charge on any atom is -0.496 e. The Hall–Kier alpha value is -1.06. The fourth-order valence-corrected chi connectivity index (χ4v) is 2.07. The van der Waals surface area contributed by atoms with E-state index >= 15 is 0 Å². The molecule has 0 aliphatic heterocycles. The molecule has 1 atom stereocenters. The van der Waals surface area contributed by atoms with Gasteiger partial charge in [0.1, 0.15) is 5.75 Å². The van der Waals surface area contributed by atoms with E-state index in [0.29, 0.717) is 6.61 Å². The first-order valence-electron chi connectivity index (χ1n) is 6.75. The summed E-state index contributed by atoms with van der Waals surface area (Å²) in [5.41, 5.74) is 3.52. The first-order valence-corrected chi connectivity index (χ1v) is 6.75. The number of hydrogen-bond donors (Lipinski definition) is 1. The molecule has 0 radical (unpaired) electrons. The van der Waals surface area contributed by atoms with Crippen LogP contribution in [-0.2, 0) is 4.74 Å². The summed E-state index contributed by atoms with van der Waals surface area (Å²) in [6.45, 7) is 11.1. The second kappa shape index (κ2) is 6.40. The summed E-state index contributed by atoms with van der Waals surface area (Å²) in [6, 6.07) is 4.47. The molecule has 0 aliphatic rings. The normalized spacial score (nSPS) is 13.4. The minimum absolute atomic E-state index is 0.121. The zero-order valence-corrected chi connectivity index (χ0v) is 13.3. The summed E-state index contributed by atoms with van der Waals surface area (Å²) < 4.78 is 11.3. The molecule has 0 fully saturated rings. The number of likely N-dealkylation sites (N-methyl/N-ethyl adjacent to an activating group) is 1. The molecule has 0 amide bonds. The van der Waals surface area contributed by atoms with Crippen LogP contribution in [0, 0.1) is 13.8 Å². The average molecular weight is 265 g/mol. The van der Waals surface area contributed by atoms with E-state index in [1.54, 1.807) is 7.11 Å². The lowest BCUT2D eigenvalue weighted by Gasteiger charge is -2.26. The zero-order chi connectivity index (χ0) is 14.6. The van der Waals surface area contributed by atoms with E-state index in [0.717, 1.165) is 11.3 Å². The van der Waals surface area contributed by atoms with E-state index in [1.807, 2.05) is 7.05 Å². The van der Waals surface area contributed by atoms with E-state index in [9.17, 15) is 0 Å². The van der Waals surface area contributed by atoms with Crippen molar-refractivity contribution in [2.45, 2.75) is 46.3 Å². The van der Waals surface area contributed by atoms with Crippen LogP contribution in [0.5, 0.6) is 5.75 Å². The maximum atomic E-state index is 5.89. The number of methoxy groups -OCH3 is 1. The van der Waals surface area contributed by atoms with Crippen LogP contribution in [-0.4, -0.2) is 26.4 Å². The molecule has 0 saturated carbocycles. The highest BCUT2D eigenvalue weighted by molar-refractivity contribution is 5.42. The smallest absolute Gasteiger partial charge is 0.122 e. The second-order valence-corrected chi connectivity index (χ2v) is 5.94. The van der Waals surface area contributed by atoms with Crippen molar-refractivity contribution in [1.29, 1.82) is 0 Å². The summed E-state index contributed by atoms with van der Waals surface area (Å²) in [7, 11) is 3.68. The van der Waals surface area contributed by atoms with Gasteiger partial charge >= 0.3 is 0 Å². The Morgan fingerprint density at radius 3 is 2.26 bits per heavy atom.